The summed E-state index contributed by atoms with van der Waals surface area (Å²) in [5.74, 6) is 1.32. The van der Waals surface area contributed by atoms with Gasteiger partial charge in [0.2, 0.25) is 0 Å². The SMILES string of the molecule is CCOCC1=C2Nc3ccccc3N2c2cc(Cl)ncc2C1C. The van der Waals surface area contributed by atoms with E-state index in [2.05, 4.69) is 34.3 Å². The first-order valence-electron chi connectivity index (χ1n) is 7.83. The number of aromatic nitrogens is 1. The molecule has 4 rings (SSSR count). The van der Waals surface area contributed by atoms with E-state index in [1.165, 1.54) is 11.1 Å². The predicted molar refractivity (Wildman–Crippen MR) is 93.4 cm³/mol. The Morgan fingerprint density at radius 2 is 2.13 bits per heavy atom. The minimum Gasteiger partial charge on any atom is -0.377 e. The third-order valence-electron chi connectivity index (χ3n) is 4.50. The molecule has 23 heavy (non-hydrogen) atoms. The molecule has 3 heterocycles. The summed E-state index contributed by atoms with van der Waals surface area (Å²) < 4.78 is 5.72. The number of pyridine rings is 1. The second-order valence-corrected chi connectivity index (χ2v) is 6.16. The zero-order valence-corrected chi connectivity index (χ0v) is 13.9. The van der Waals surface area contributed by atoms with E-state index < -0.39 is 0 Å². The van der Waals surface area contributed by atoms with Crippen molar-refractivity contribution < 1.29 is 4.74 Å². The molecule has 0 bridgehead atoms. The Bertz CT molecular complexity index is 803. The first-order chi connectivity index (χ1) is 11.2. The number of halogens is 1. The van der Waals surface area contributed by atoms with Gasteiger partial charge in [0.05, 0.1) is 23.7 Å². The number of para-hydroxylation sites is 2. The number of rotatable bonds is 3. The molecule has 4 nitrogen and oxygen atoms in total. The number of anilines is 3. The van der Waals surface area contributed by atoms with Crippen LogP contribution >= 0.6 is 11.6 Å². The van der Waals surface area contributed by atoms with E-state index in [-0.39, 0.29) is 5.92 Å². The van der Waals surface area contributed by atoms with Crippen molar-refractivity contribution in [3.8, 4) is 0 Å². The summed E-state index contributed by atoms with van der Waals surface area (Å²) in [4.78, 5) is 6.51. The van der Waals surface area contributed by atoms with Crippen molar-refractivity contribution in [2.45, 2.75) is 19.8 Å². The van der Waals surface area contributed by atoms with Crippen LogP contribution in [0.2, 0.25) is 5.15 Å². The van der Waals surface area contributed by atoms with Crippen LogP contribution in [0.5, 0.6) is 0 Å². The van der Waals surface area contributed by atoms with E-state index >= 15 is 0 Å². The highest BCUT2D eigenvalue weighted by molar-refractivity contribution is 6.29. The molecule has 0 spiro atoms. The average Bonchev–Trinajstić information content (AvgIpc) is 2.94. The van der Waals surface area contributed by atoms with Crippen molar-refractivity contribution in [3.05, 3.63) is 58.6 Å². The Labute approximate surface area is 140 Å². The maximum Gasteiger partial charge on any atom is 0.131 e. The Morgan fingerprint density at radius 1 is 1.30 bits per heavy atom. The molecule has 118 valence electrons. The van der Waals surface area contributed by atoms with Crippen LogP contribution in [0.1, 0.15) is 25.3 Å². The molecule has 2 aliphatic heterocycles. The minimum atomic E-state index is 0.231. The van der Waals surface area contributed by atoms with Crippen LogP contribution in [0, 0.1) is 0 Å². The van der Waals surface area contributed by atoms with Crippen LogP contribution in [0.4, 0.5) is 17.1 Å². The standard InChI is InChI=1S/C18H18ClN3O/c1-3-23-10-13-11(2)12-9-20-17(19)8-16(12)22-15-7-5-4-6-14(15)21-18(13)22/h4-9,11,21H,3,10H2,1-2H3. The van der Waals surface area contributed by atoms with E-state index in [0.717, 1.165) is 22.9 Å². The van der Waals surface area contributed by atoms with Gasteiger partial charge in [0.25, 0.3) is 0 Å². The average molecular weight is 328 g/mol. The van der Waals surface area contributed by atoms with Crippen molar-refractivity contribution in [3.63, 3.8) is 0 Å². The van der Waals surface area contributed by atoms with Gasteiger partial charge in [-0.15, -0.1) is 0 Å². The lowest BCUT2D eigenvalue weighted by Gasteiger charge is -2.34. The molecule has 0 aliphatic carbocycles. The second kappa shape index (κ2) is 5.55. The van der Waals surface area contributed by atoms with Gasteiger partial charge in [-0.1, -0.05) is 30.7 Å². The van der Waals surface area contributed by atoms with Gasteiger partial charge in [0.1, 0.15) is 11.0 Å². The molecule has 1 N–H and O–H groups in total. The molecule has 5 heteroatoms. The van der Waals surface area contributed by atoms with Crippen molar-refractivity contribution in [1.82, 2.24) is 4.98 Å². The van der Waals surface area contributed by atoms with Gasteiger partial charge in [-0.3, -0.25) is 4.90 Å². The number of ether oxygens (including phenoxy) is 1. The first-order valence-corrected chi connectivity index (χ1v) is 8.21. The summed E-state index contributed by atoms with van der Waals surface area (Å²) in [6, 6.07) is 10.2. The molecular weight excluding hydrogens is 310 g/mol. The molecule has 2 aliphatic rings. The van der Waals surface area contributed by atoms with Gasteiger partial charge in [0, 0.05) is 29.9 Å². The number of nitrogens with one attached hydrogen (secondary N) is 1. The molecule has 0 fully saturated rings. The Morgan fingerprint density at radius 3 is 2.96 bits per heavy atom. The van der Waals surface area contributed by atoms with E-state index in [9.17, 15) is 0 Å². The molecule has 2 aromatic rings. The summed E-state index contributed by atoms with van der Waals surface area (Å²) >= 11 is 6.16. The first kappa shape index (κ1) is 14.5. The lowest BCUT2D eigenvalue weighted by atomic mass is 9.89. The highest BCUT2D eigenvalue weighted by Gasteiger charge is 2.36. The third-order valence-corrected chi connectivity index (χ3v) is 4.70. The molecule has 1 atom stereocenters. The van der Waals surface area contributed by atoms with Gasteiger partial charge >= 0.3 is 0 Å². The summed E-state index contributed by atoms with van der Waals surface area (Å²) in [7, 11) is 0. The molecule has 0 saturated heterocycles. The van der Waals surface area contributed by atoms with E-state index in [0.29, 0.717) is 18.4 Å². The summed E-state index contributed by atoms with van der Waals surface area (Å²) in [5.41, 5.74) is 5.73. The van der Waals surface area contributed by atoms with Gasteiger partial charge in [0.15, 0.2) is 0 Å². The smallest absolute Gasteiger partial charge is 0.131 e. The fourth-order valence-electron chi connectivity index (χ4n) is 3.31. The molecule has 0 amide bonds. The summed E-state index contributed by atoms with van der Waals surface area (Å²) in [6.45, 7) is 5.51. The highest BCUT2D eigenvalue weighted by Crippen LogP contribution is 2.50. The van der Waals surface area contributed by atoms with Crippen molar-refractivity contribution in [1.29, 1.82) is 0 Å². The van der Waals surface area contributed by atoms with Gasteiger partial charge in [-0.25, -0.2) is 4.98 Å². The molecule has 0 saturated carbocycles. The maximum atomic E-state index is 6.16. The molecule has 1 aromatic carbocycles. The largest absolute Gasteiger partial charge is 0.377 e. The Kier molecular flexibility index (Phi) is 3.51. The number of benzene rings is 1. The van der Waals surface area contributed by atoms with Crippen LogP contribution in [0.15, 0.2) is 47.9 Å². The highest BCUT2D eigenvalue weighted by atomic mass is 35.5. The fourth-order valence-corrected chi connectivity index (χ4v) is 3.46. The molecular formula is C18H18ClN3O. The minimum absolute atomic E-state index is 0.231. The topological polar surface area (TPSA) is 37.4 Å². The monoisotopic (exact) mass is 327 g/mol. The van der Waals surface area contributed by atoms with E-state index in [1.807, 2.05) is 31.3 Å². The quantitative estimate of drug-likeness (QED) is 0.832. The van der Waals surface area contributed by atoms with E-state index in [1.54, 1.807) is 0 Å². The van der Waals surface area contributed by atoms with Crippen LogP contribution in [0.25, 0.3) is 0 Å². The van der Waals surface area contributed by atoms with Crippen molar-refractivity contribution >= 4 is 28.7 Å². The summed E-state index contributed by atoms with van der Waals surface area (Å²) in [6.07, 6.45) is 1.88. The van der Waals surface area contributed by atoms with Gasteiger partial charge in [-0.2, -0.15) is 0 Å². The van der Waals surface area contributed by atoms with Crippen molar-refractivity contribution in [2.75, 3.05) is 23.4 Å². The Balaban J connectivity index is 1.93. The van der Waals surface area contributed by atoms with Crippen LogP contribution < -0.4 is 10.2 Å². The van der Waals surface area contributed by atoms with Gasteiger partial charge in [-0.05, 0) is 25.1 Å². The zero-order valence-electron chi connectivity index (χ0n) is 13.1. The molecule has 1 aromatic heterocycles. The fraction of sp³-hybridized carbons (Fsp3) is 0.278. The predicted octanol–water partition coefficient (Wildman–Crippen LogP) is 4.66. The molecule has 0 radical (unpaired) electrons. The lowest BCUT2D eigenvalue weighted by molar-refractivity contribution is 0.166. The third kappa shape index (κ3) is 2.21. The Hall–Kier alpha value is -2.04. The van der Waals surface area contributed by atoms with Crippen LogP contribution in [-0.2, 0) is 4.74 Å². The number of fused-ring (bicyclic) bond motifs is 5. The number of hydrogen-bond acceptors (Lipinski definition) is 4. The second-order valence-electron chi connectivity index (χ2n) is 5.78. The number of nitrogens with zero attached hydrogens (tertiary/aromatic N) is 2. The van der Waals surface area contributed by atoms with Crippen molar-refractivity contribution in [2.24, 2.45) is 0 Å². The maximum absolute atomic E-state index is 6.16. The number of hydrogen-bond donors (Lipinski definition) is 1. The van der Waals surface area contributed by atoms with Gasteiger partial charge < -0.3 is 10.1 Å². The zero-order chi connectivity index (χ0) is 16.0. The normalized spacial score (nSPS) is 18.4. The summed E-state index contributed by atoms with van der Waals surface area (Å²) in [5, 5.41) is 4.06. The van der Waals surface area contributed by atoms with Crippen LogP contribution in [-0.4, -0.2) is 18.2 Å². The van der Waals surface area contributed by atoms with Crippen LogP contribution in [0.3, 0.4) is 0 Å². The lowest BCUT2D eigenvalue weighted by Crippen LogP contribution is -2.27. The van der Waals surface area contributed by atoms with E-state index in [4.69, 9.17) is 16.3 Å². The molecule has 1 unspecified atom stereocenters.